The highest BCUT2D eigenvalue weighted by Gasteiger charge is 2.39. The first-order valence-electron chi connectivity index (χ1n) is 15.3. The number of carbonyl (C=O) groups is 2. The van der Waals surface area contributed by atoms with Crippen molar-refractivity contribution in [3.8, 4) is 0 Å². The number of aryl methyl sites for hydroxylation is 1. The normalized spacial score (nSPS) is 23.0. The molecule has 1 N–H and O–H groups in total. The first kappa shape index (κ1) is 28.1. The van der Waals surface area contributed by atoms with Crippen LogP contribution < -0.4 is 15.1 Å². The van der Waals surface area contributed by atoms with Crippen molar-refractivity contribution in [1.29, 1.82) is 0 Å². The Morgan fingerprint density at radius 1 is 0.951 bits per heavy atom. The van der Waals surface area contributed by atoms with Crippen LogP contribution in [0.4, 0.5) is 25.0 Å². The number of rotatable bonds is 6. The smallest absolute Gasteiger partial charge is 0.328 e. The SMILES string of the molecule is Cc1ccc(N2CCC3(CCC(CN4CCC(n5ccc(C(F)F)n5)CC4)CC3)CC2)c(N2CCC(=O)NC2=O)c1. The van der Waals surface area contributed by atoms with E-state index in [4.69, 9.17) is 0 Å². The summed E-state index contributed by atoms with van der Waals surface area (Å²) in [4.78, 5) is 31.0. The van der Waals surface area contributed by atoms with Crippen LogP contribution in [-0.2, 0) is 4.79 Å². The largest absolute Gasteiger partial charge is 0.370 e. The van der Waals surface area contributed by atoms with E-state index in [1.165, 1.54) is 44.6 Å². The molecule has 1 spiro atoms. The molecule has 0 atom stereocenters. The van der Waals surface area contributed by atoms with Crippen LogP contribution in [0.1, 0.15) is 81.5 Å². The zero-order chi connectivity index (χ0) is 28.6. The molecule has 41 heavy (non-hydrogen) atoms. The van der Waals surface area contributed by atoms with Gasteiger partial charge in [0.15, 0.2) is 0 Å². The molecular formula is C31H42F2N6O2. The summed E-state index contributed by atoms with van der Waals surface area (Å²) in [6.45, 7) is 7.59. The van der Waals surface area contributed by atoms with Crippen molar-refractivity contribution in [1.82, 2.24) is 20.0 Å². The van der Waals surface area contributed by atoms with E-state index in [0.717, 1.165) is 68.4 Å². The number of piperidine rings is 2. The van der Waals surface area contributed by atoms with Crippen LogP contribution in [0, 0.1) is 18.3 Å². The second kappa shape index (κ2) is 11.7. The molecule has 6 rings (SSSR count). The number of alkyl halides is 2. The second-order valence-electron chi connectivity index (χ2n) is 12.7. The number of nitrogens with zero attached hydrogens (tertiary/aromatic N) is 5. The zero-order valence-electron chi connectivity index (χ0n) is 24.0. The van der Waals surface area contributed by atoms with E-state index in [1.54, 1.807) is 15.8 Å². The molecule has 0 unspecified atom stereocenters. The third kappa shape index (κ3) is 6.12. The summed E-state index contributed by atoms with van der Waals surface area (Å²) >= 11 is 0. The topological polar surface area (TPSA) is 73.7 Å². The van der Waals surface area contributed by atoms with Gasteiger partial charge in [-0.3, -0.25) is 19.7 Å². The Morgan fingerprint density at radius 3 is 2.34 bits per heavy atom. The molecular weight excluding hydrogens is 526 g/mol. The van der Waals surface area contributed by atoms with Gasteiger partial charge in [-0.15, -0.1) is 0 Å². The number of carbonyl (C=O) groups excluding carboxylic acids is 2. The van der Waals surface area contributed by atoms with Gasteiger partial charge in [-0.25, -0.2) is 13.6 Å². The Labute approximate surface area is 241 Å². The van der Waals surface area contributed by atoms with E-state index in [9.17, 15) is 18.4 Å². The average Bonchev–Trinajstić information content (AvgIpc) is 3.47. The van der Waals surface area contributed by atoms with Crippen molar-refractivity contribution in [2.45, 2.75) is 77.2 Å². The summed E-state index contributed by atoms with van der Waals surface area (Å²) in [5.74, 6) is 0.523. The number of amides is 3. The summed E-state index contributed by atoms with van der Waals surface area (Å²) in [6, 6.07) is 7.65. The van der Waals surface area contributed by atoms with Gasteiger partial charge in [0.05, 0.1) is 17.4 Å². The summed E-state index contributed by atoms with van der Waals surface area (Å²) in [6.07, 6.45) is 8.92. The van der Waals surface area contributed by atoms with Crippen molar-refractivity contribution in [2.75, 3.05) is 49.1 Å². The van der Waals surface area contributed by atoms with Gasteiger partial charge in [0.25, 0.3) is 6.43 Å². The molecule has 2 aromatic rings. The number of benzene rings is 1. The maximum Gasteiger partial charge on any atom is 0.328 e. The van der Waals surface area contributed by atoms with Crippen molar-refractivity contribution in [3.63, 3.8) is 0 Å². The Hall–Kier alpha value is -3.01. The lowest BCUT2D eigenvalue weighted by atomic mass is 9.65. The van der Waals surface area contributed by atoms with Gasteiger partial charge in [0, 0.05) is 51.9 Å². The number of nitrogens with one attached hydrogen (secondary N) is 1. The van der Waals surface area contributed by atoms with Crippen LogP contribution in [0.15, 0.2) is 30.5 Å². The van der Waals surface area contributed by atoms with Gasteiger partial charge in [0.2, 0.25) is 5.91 Å². The molecule has 4 heterocycles. The van der Waals surface area contributed by atoms with E-state index in [1.807, 2.05) is 6.92 Å². The minimum atomic E-state index is -2.51. The number of halogens is 2. The van der Waals surface area contributed by atoms with Crippen LogP contribution in [-0.4, -0.2) is 65.9 Å². The van der Waals surface area contributed by atoms with Crippen LogP contribution in [0.2, 0.25) is 0 Å². The molecule has 222 valence electrons. The lowest BCUT2D eigenvalue weighted by molar-refractivity contribution is -0.120. The molecule has 1 aliphatic carbocycles. The van der Waals surface area contributed by atoms with E-state index in [-0.39, 0.29) is 23.7 Å². The number of aromatic nitrogens is 2. The molecule has 0 bridgehead atoms. The Morgan fingerprint density at radius 2 is 1.68 bits per heavy atom. The van der Waals surface area contributed by atoms with Gasteiger partial charge in [-0.05, 0) is 93.4 Å². The lowest BCUT2D eigenvalue weighted by Crippen LogP contribution is -2.50. The minimum absolute atomic E-state index is 0.124. The molecule has 3 aliphatic heterocycles. The quantitative estimate of drug-likeness (QED) is 0.485. The first-order valence-corrected chi connectivity index (χ1v) is 15.3. The first-order chi connectivity index (χ1) is 19.8. The van der Waals surface area contributed by atoms with E-state index in [2.05, 4.69) is 38.4 Å². The highest BCUT2D eigenvalue weighted by molar-refractivity contribution is 6.07. The second-order valence-corrected chi connectivity index (χ2v) is 12.7. The van der Waals surface area contributed by atoms with E-state index >= 15 is 0 Å². The Bertz CT molecular complexity index is 1240. The highest BCUT2D eigenvalue weighted by atomic mass is 19.3. The van der Waals surface area contributed by atoms with Crippen molar-refractivity contribution in [3.05, 3.63) is 41.7 Å². The molecule has 3 amide bonds. The zero-order valence-corrected chi connectivity index (χ0v) is 24.0. The molecule has 4 fully saturated rings. The molecule has 8 nitrogen and oxygen atoms in total. The maximum atomic E-state index is 12.9. The van der Waals surface area contributed by atoms with E-state index in [0.29, 0.717) is 18.4 Å². The van der Waals surface area contributed by atoms with Gasteiger partial charge >= 0.3 is 6.03 Å². The van der Waals surface area contributed by atoms with Crippen LogP contribution in [0.25, 0.3) is 0 Å². The molecule has 3 saturated heterocycles. The number of hydrogen-bond donors (Lipinski definition) is 1. The van der Waals surface area contributed by atoms with Crippen LogP contribution in [0.3, 0.4) is 0 Å². The lowest BCUT2D eigenvalue weighted by Gasteiger charge is -2.48. The number of urea groups is 1. The summed E-state index contributed by atoms with van der Waals surface area (Å²) in [5, 5.41) is 6.57. The van der Waals surface area contributed by atoms with Crippen LogP contribution >= 0.6 is 0 Å². The Balaban J connectivity index is 0.988. The van der Waals surface area contributed by atoms with Crippen molar-refractivity contribution >= 4 is 23.3 Å². The third-order valence-corrected chi connectivity index (χ3v) is 10.1. The molecule has 4 aliphatic rings. The third-order valence-electron chi connectivity index (χ3n) is 10.1. The Kier molecular flexibility index (Phi) is 8.03. The number of likely N-dealkylation sites (tertiary alicyclic amines) is 1. The molecule has 10 heteroatoms. The number of anilines is 2. The number of hydrogen-bond acceptors (Lipinski definition) is 5. The van der Waals surface area contributed by atoms with Gasteiger partial charge in [-0.2, -0.15) is 5.10 Å². The summed E-state index contributed by atoms with van der Waals surface area (Å²) in [5.41, 5.74) is 3.39. The maximum absolute atomic E-state index is 12.9. The predicted molar refractivity (Wildman–Crippen MR) is 154 cm³/mol. The molecule has 0 radical (unpaired) electrons. The van der Waals surface area contributed by atoms with Crippen molar-refractivity contribution in [2.24, 2.45) is 11.3 Å². The standard InChI is InChI=1S/C31H42F2N6O2/c1-22-2-3-26(27(20-22)38-16-9-28(40)34-30(38)41)37-18-12-31(13-19-37)10-4-23(5-11-31)21-36-14-6-24(7-15-36)39-17-8-25(35-39)29(32)33/h2-3,8,17,20,23-24,29H,4-7,9-16,18-19,21H2,1H3,(H,34,40,41). The molecule has 1 saturated carbocycles. The summed E-state index contributed by atoms with van der Waals surface area (Å²) < 4.78 is 27.6. The fourth-order valence-electron chi connectivity index (χ4n) is 7.51. The average molecular weight is 569 g/mol. The van der Waals surface area contributed by atoms with Crippen molar-refractivity contribution < 1.29 is 18.4 Å². The fraction of sp³-hybridized carbons (Fsp3) is 0.645. The molecule has 1 aromatic heterocycles. The highest BCUT2D eigenvalue weighted by Crippen LogP contribution is 2.48. The number of imide groups is 1. The molecule has 1 aromatic carbocycles. The van der Waals surface area contributed by atoms with Gasteiger partial charge in [-0.1, -0.05) is 6.07 Å². The predicted octanol–water partition coefficient (Wildman–Crippen LogP) is 5.69. The van der Waals surface area contributed by atoms with Gasteiger partial charge < -0.3 is 9.80 Å². The van der Waals surface area contributed by atoms with Crippen LogP contribution in [0.5, 0.6) is 0 Å². The monoisotopic (exact) mass is 568 g/mol. The van der Waals surface area contributed by atoms with E-state index < -0.39 is 6.43 Å². The van der Waals surface area contributed by atoms with Gasteiger partial charge in [0.1, 0.15) is 5.69 Å². The summed E-state index contributed by atoms with van der Waals surface area (Å²) in [7, 11) is 0. The minimum Gasteiger partial charge on any atom is -0.370 e. The fourth-order valence-corrected chi connectivity index (χ4v) is 7.51.